The Kier molecular flexibility index (Phi) is 3.44. The molecule has 2 nitrogen and oxygen atoms in total. The number of epoxide rings is 2. The molecule has 0 aromatic heterocycles. The molecule has 0 aromatic rings. The number of hydrogen-bond donors (Lipinski definition) is 0. The second kappa shape index (κ2) is 4.79. The van der Waals surface area contributed by atoms with Crippen molar-refractivity contribution in [3.63, 3.8) is 0 Å². The van der Waals surface area contributed by atoms with E-state index in [1.807, 2.05) is 0 Å². The zero-order valence-electron chi connectivity index (χ0n) is 12.3. The molecule has 0 unspecified atom stereocenters. The lowest BCUT2D eigenvalue weighted by atomic mass is 9.71. The van der Waals surface area contributed by atoms with E-state index in [1.165, 1.54) is 25.7 Å². The van der Waals surface area contributed by atoms with Gasteiger partial charge >= 0.3 is 0 Å². The first-order valence-corrected chi connectivity index (χ1v) is 8.07. The molecule has 2 aliphatic carbocycles. The summed E-state index contributed by atoms with van der Waals surface area (Å²) in [4.78, 5) is 0. The standard InChI is InChI=1S/2C8H14O/c2*1-3-5-6(4-2)8-7(5)9-8/h2*5-8H,3-4H2,1-2H3/t2*5-,6-,7-,8+/m11/s1. The average molecular weight is 252 g/mol. The van der Waals surface area contributed by atoms with Gasteiger partial charge in [0, 0.05) is 0 Å². The summed E-state index contributed by atoms with van der Waals surface area (Å²) in [6.45, 7) is 9.08. The van der Waals surface area contributed by atoms with E-state index in [0.29, 0.717) is 24.4 Å². The Labute approximate surface area is 111 Å². The molecule has 0 bridgehead atoms. The molecule has 4 fully saturated rings. The first-order valence-electron chi connectivity index (χ1n) is 8.07. The minimum absolute atomic E-state index is 0.694. The lowest BCUT2D eigenvalue weighted by molar-refractivity contribution is 0.226. The number of ether oxygens (including phenoxy) is 2. The summed E-state index contributed by atoms with van der Waals surface area (Å²) < 4.78 is 10.9. The maximum atomic E-state index is 5.43. The fourth-order valence-electron chi connectivity index (χ4n) is 4.47. The lowest BCUT2D eigenvalue weighted by Crippen LogP contribution is -2.35. The van der Waals surface area contributed by atoms with Gasteiger partial charge in [-0.25, -0.2) is 0 Å². The molecule has 4 rings (SSSR count). The fraction of sp³-hybridized carbons (Fsp3) is 1.00. The van der Waals surface area contributed by atoms with Crippen LogP contribution >= 0.6 is 0 Å². The van der Waals surface area contributed by atoms with Crippen molar-refractivity contribution in [3.05, 3.63) is 0 Å². The lowest BCUT2D eigenvalue weighted by Gasteiger charge is -2.29. The Morgan fingerprint density at radius 3 is 0.889 bits per heavy atom. The van der Waals surface area contributed by atoms with Crippen LogP contribution in [0.2, 0.25) is 0 Å². The highest BCUT2D eigenvalue weighted by molar-refractivity contribution is 5.09. The first-order chi connectivity index (χ1) is 8.76. The highest BCUT2D eigenvalue weighted by Gasteiger charge is 2.62. The Hall–Kier alpha value is -0.0800. The molecule has 18 heavy (non-hydrogen) atoms. The second-order valence-electron chi connectivity index (χ2n) is 6.42. The monoisotopic (exact) mass is 252 g/mol. The van der Waals surface area contributed by atoms with E-state index in [-0.39, 0.29) is 0 Å². The smallest absolute Gasteiger partial charge is 0.0876 e. The molecule has 0 radical (unpaired) electrons. The molecule has 2 saturated heterocycles. The van der Waals surface area contributed by atoms with E-state index in [0.717, 1.165) is 23.7 Å². The molecule has 0 amide bonds. The summed E-state index contributed by atoms with van der Waals surface area (Å²) in [5.74, 6) is 3.67. The van der Waals surface area contributed by atoms with Gasteiger partial charge in [0.2, 0.25) is 0 Å². The molecular weight excluding hydrogens is 224 g/mol. The maximum absolute atomic E-state index is 5.43. The molecule has 2 heteroatoms. The molecule has 0 spiro atoms. The third-order valence-electron chi connectivity index (χ3n) is 5.80. The van der Waals surface area contributed by atoms with Crippen LogP contribution in [0.3, 0.4) is 0 Å². The van der Waals surface area contributed by atoms with Crippen LogP contribution in [0.5, 0.6) is 0 Å². The van der Waals surface area contributed by atoms with Crippen LogP contribution in [-0.2, 0) is 9.47 Å². The van der Waals surface area contributed by atoms with Crippen molar-refractivity contribution in [2.24, 2.45) is 23.7 Å². The second-order valence-corrected chi connectivity index (χ2v) is 6.42. The quantitative estimate of drug-likeness (QED) is 0.714. The third kappa shape index (κ3) is 1.84. The van der Waals surface area contributed by atoms with Crippen LogP contribution in [0, 0.1) is 23.7 Å². The third-order valence-corrected chi connectivity index (χ3v) is 5.80. The van der Waals surface area contributed by atoms with Gasteiger partial charge in [-0.1, -0.05) is 53.4 Å². The minimum atomic E-state index is 0.694. The molecule has 0 aromatic carbocycles. The van der Waals surface area contributed by atoms with Gasteiger partial charge in [0.25, 0.3) is 0 Å². The molecule has 2 saturated carbocycles. The highest BCUT2D eigenvalue weighted by Crippen LogP contribution is 2.55. The van der Waals surface area contributed by atoms with E-state index < -0.39 is 0 Å². The van der Waals surface area contributed by atoms with Crippen molar-refractivity contribution < 1.29 is 9.47 Å². The Balaban J connectivity index is 0.000000111. The predicted molar refractivity (Wildman–Crippen MR) is 72.4 cm³/mol. The Morgan fingerprint density at radius 1 is 0.500 bits per heavy atom. The minimum Gasteiger partial charge on any atom is -0.369 e. The average Bonchev–Trinajstić information content (AvgIpc) is 3.21. The number of fused-ring (bicyclic) bond motifs is 2. The predicted octanol–water partition coefficient (Wildman–Crippen LogP) is 3.64. The van der Waals surface area contributed by atoms with Gasteiger partial charge in [0.15, 0.2) is 0 Å². The van der Waals surface area contributed by atoms with Crippen molar-refractivity contribution in [1.82, 2.24) is 0 Å². The van der Waals surface area contributed by atoms with Crippen molar-refractivity contribution in [2.45, 2.75) is 77.8 Å². The van der Waals surface area contributed by atoms with Gasteiger partial charge in [-0.2, -0.15) is 0 Å². The summed E-state index contributed by atoms with van der Waals surface area (Å²) in [5.41, 5.74) is 0. The van der Waals surface area contributed by atoms with Crippen LogP contribution in [0.15, 0.2) is 0 Å². The van der Waals surface area contributed by atoms with Gasteiger partial charge in [-0.15, -0.1) is 0 Å². The van der Waals surface area contributed by atoms with Crippen molar-refractivity contribution in [1.29, 1.82) is 0 Å². The molecule has 104 valence electrons. The largest absolute Gasteiger partial charge is 0.369 e. The number of rotatable bonds is 4. The molecule has 2 aliphatic heterocycles. The zero-order chi connectivity index (χ0) is 12.9. The maximum Gasteiger partial charge on any atom is 0.0876 e. The van der Waals surface area contributed by atoms with E-state index >= 15 is 0 Å². The Morgan fingerprint density at radius 2 is 0.722 bits per heavy atom. The van der Waals surface area contributed by atoms with Crippen LogP contribution in [0.4, 0.5) is 0 Å². The normalized spacial score (nSPS) is 54.0. The van der Waals surface area contributed by atoms with Gasteiger partial charge in [-0.05, 0) is 23.7 Å². The van der Waals surface area contributed by atoms with Gasteiger partial charge in [-0.3, -0.25) is 0 Å². The summed E-state index contributed by atoms with van der Waals surface area (Å²) in [5, 5.41) is 0. The van der Waals surface area contributed by atoms with Crippen LogP contribution in [0.1, 0.15) is 53.4 Å². The van der Waals surface area contributed by atoms with Gasteiger partial charge in [0.05, 0.1) is 24.4 Å². The van der Waals surface area contributed by atoms with Crippen molar-refractivity contribution in [2.75, 3.05) is 0 Å². The molecule has 8 atom stereocenters. The highest BCUT2D eigenvalue weighted by atomic mass is 16.6. The summed E-state index contributed by atoms with van der Waals surface area (Å²) in [7, 11) is 0. The Bertz CT molecular complexity index is 245. The van der Waals surface area contributed by atoms with Crippen LogP contribution in [0.25, 0.3) is 0 Å². The van der Waals surface area contributed by atoms with Crippen molar-refractivity contribution >= 4 is 0 Å². The SMILES string of the molecule is CC[C@@H]1[C@@H](CC)[C@@H]2O[C@H]12.CC[C@@H]1[C@@H](CC)[C@@H]2O[C@H]12. The fourth-order valence-corrected chi connectivity index (χ4v) is 4.47. The topological polar surface area (TPSA) is 25.1 Å². The van der Waals surface area contributed by atoms with Crippen LogP contribution < -0.4 is 0 Å². The molecular formula is C16H28O2. The van der Waals surface area contributed by atoms with E-state index in [1.54, 1.807) is 0 Å². The number of hydrogen-bond acceptors (Lipinski definition) is 2. The van der Waals surface area contributed by atoms with Crippen LogP contribution in [-0.4, -0.2) is 24.4 Å². The molecule has 4 aliphatic rings. The van der Waals surface area contributed by atoms with Crippen molar-refractivity contribution in [3.8, 4) is 0 Å². The van der Waals surface area contributed by atoms with Gasteiger partial charge < -0.3 is 9.47 Å². The first kappa shape index (κ1) is 12.9. The van der Waals surface area contributed by atoms with Gasteiger partial charge in [0.1, 0.15) is 0 Å². The van der Waals surface area contributed by atoms with E-state index in [4.69, 9.17) is 9.47 Å². The molecule has 2 heterocycles. The molecule has 0 N–H and O–H groups in total. The zero-order valence-corrected chi connectivity index (χ0v) is 12.3. The van der Waals surface area contributed by atoms with E-state index in [9.17, 15) is 0 Å². The summed E-state index contributed by atoms with van der Waals surface area (Å²) in [6.07, 6.45) is 8.05. The van der Waals surface area contributed by atoms with E-state index in [2.05, 4.69) is 27.7 Å². The summed E-state index contributed by atoms with van der Waals surface area (Å²) in [6, 6.07) is 0. The summed E-state index contributed by atoms with van der Waals surface area (Å²) >= 11 is 0.